The first-order chi connectivity index (χ1) is 6.59. The van der Waals surface area contributed by atoms with Crippen LogP contribution in [0.4, 0.5) is 0 Å². The van der Waals surface area contributed by atoms with Crippen molar-refractivity contribution in [1.29, 1.82) is 0 Å². The van der Waals surface area contributed by atoms with E-state index in [4.69, 9.17) is 0 Å². The number of likely N-dealkylation sites (N-methyl/N-ethyl adjacent to an activating group) is 1. The summed E-state index contributed by atoms with van der Waals surface area (Å²) in [5.41, 5.74) is 1.02. The second kappa shape index (κ2) is 4.96. The molecule has 1 amide bonds. The van der Waals surface area contributed by atoms with Crippen molar-refractivity contribution in [2.75, 3.05) is 14.1 Å². The van der Waals surface area contributed by atoms with Crippen molar-refractivity contribution in [3.05, 3.63) is 40.4 Å². The molecule has 0 atom stereocenters. The summed E-state index contributed by atoms with van der Waals surface area (Å²) in [5, 5.41) is 0. The third-order valence-electron chi connectivity index (χ3n) is 1.73. The summed E-state index contributed by atoms with van der Waals surface area (Å²) in [6.45, 7) is 0. The van der Waals surface area contributed by atoms with E-state index in [9.17, 15) is 4.79 Å². The molecule has 1 aromatic rings. The number of rotatable bonds is 2. The molecule has 0 saturated carbocycles. The quantitative estimate of drug-likeness (QED) is 0.743. The van der Waals surface area contributed by atoms with Gasteiger partial charge in [0.05, 0.1) is 0 Å². The van der Waals surface area contributed by atoms with E-state index in [1.165, 1.54) is 4.90 Å². The zero-order valence-electron chi connectivity index (χ0n) is 8.20. The van der Waals surface area contributed by atoms with Crippen LogP contribution >= 0.6 is 15.9 Å². The summed E-state index contributed by atoms with van der Waals surface area (Å²) in [6.07, 6.45) is 3.36. The second-order valence-corrected chi connectivity index (χ2v) is 4.03. The fourth-order valence-corrected chi connectivity index (χ4v) is 1.15. The first-order valence-electron chi connectivity index (χ1n) is 4.24. The van der Waals surface area contributed by atoms with Crippen molar-refractivity contribution in [3.8, 4) is 0 Å². The second-order valence-electron chi connectivity index (χ2n) is 3.12. The molecule has 0 bridgehead atoms. The van der Waals surface area contributed by atoms with E-state index in [0.717, 1.165) is 10.0 Å². The topological polar surface area (TPSA) is 20.3 Å². The third kappa shape index (κ3) is 3.34. The fourth-order valence-electron chi connectivity index (χ4n) is 0.890. The Kier molecular flexibility index (Phi) is 3.89. The Morgan fingerprint density at radius 2 is 1.86 bits per heavy atom. The van der Waals surface area contributed by atoms with Gasteiger partial charge in [-0.3, -0.25) is 4.79 Å². The summed E-state index contributed by atoms with van der Waals surface area (Å²) in [6, 6.07) is 7.78. The third-order valence-corrected chi connectivity index (χ3v) is 2.26. The molecule has 1 aromatic carbocycles. The van der Waals surface area contributed by atoms with Crippen LogP contribution in [0.2, 0.25) is 0 Å². The van der Waals surface area contributed by atoms with Crippen molar-refractivity contribution < 1.29 is 4.79 Å². The lowest BCUT2D eigenvalue weighted by molar-refractivity contribution is -0.123. The molecule has 0 aliphatic rings. The van der Waals surface area contributed by atoms with Gasteiger partial charge in [-0.15, -0.1) is 0 Å². The lowest BCUT2D eigenvalue weighted by Gasteiger charge is -2.04. The number of amides is 1. The number of halogens is 1. The minimum absolute atomic E-state index is 0.00656. The molecule has 0 aliphatic heterocycles. The van der Waals surface area contributed by atoms with Crippen LogP contribution in [-0.4, -0.2) is 24.9 Å². The lowest BCUT2D eigenvalue weighted by Crippen LogP contribution is -2.18. The van der Waals surface area contributed by atoms with Gasteiger partial charge in [0, 0.05) is 24.6 Å². The van der Waals surface area contributed by atoms with E-state index in [2.05, 4.69) is 15.9 Å². The van der Waals surface area contributed by atoms with Gasteiger partial charge < -0.3 is 4.90 Å². The Hall–Kier alpha value is -1.09. The first kappa shape index (κ1) is 11.0. The van der Waals surface area contributed by atoms with E-state index < -0.39 is 0 Å². The summed E-state index contributed by atoms with van der Waals surface area (Å²) in [7, 11) is 3.46. The Bertz CT molecular complexity index is 341. The Labute approximate surface area is 92.4 Å². The zero-order valence-corrected chi connectivity index (χ0v) is 9.78. The Morgan fingerprint density at radius 3 is 2.36 bits per heavy atom. The molecule has 0 radical (unpaired) electrons. The number of nitrogens with zero attached hydrogens (tertiary/aromatic N) is 1. The predicted molar refractivity (Wildman–Crippen MR) is 61.9 cm³/mol. The lowest BCUT2D eigenvalue weighted by atomic mass is 10.2. The average molecular weight is 254 g/mol. The van der Waals surface area contributed by atoms with Crippen LogP contribution in [0.1, 0.15) is 5.56 Å². The van der Waals surface area contributed by atoms with E-state index >= 15 is 0 Å². The maximum absolute atomic E-state index is 11.2. The summed E-state index contributed by atoms with van der Waals surface area (Å²) >= 11 is 3.35. The van der Waals surface area contributed by atoms with Crippen LogP contribution in [-0.2, 0) is 4.79 Å². The maximum atomic E-state index is 11.2. The fraction of sp³-hybridized carbons (Fsp3) is 0.182. The van der Waals surface area contributed by atoms with E-state index in [-0.39, 0.29) is 5.91 Å². The van der Waals surface area contributed by atoms with Crippen LogP contribution in [0.25, 0.3) is 6.08 Å². The summed E-state index contributed by atoms with van der Waals surface area (Å²) in [5.74, 6) is -0.00656. The van der Waals surface area contributed by atoms with Gasteiger partial charge in [-0.1, -0.05) is 28.1 Å². The van der Waals surface area contributed by atoms with Gasteiger partial charge in [0.25, 0.3) is 0 Å². The normalized spacial score (nSPS) is 10.5. The smallest absolute Gasteiger partial charge is 0.246 e. The molecule has 0 aliphatic carbocycles. The number of carbonyl (C=O) groups excluding carboxylic acids is 1. The molecule has 0 aromatic heterocycles. The van der Waals surface area contributed by atoms with Crippen molar-refractivity contribution in [2.45, 2.75) is 0 Å². The summed E-state index contributed by atoms with van der Waals surface area (Å²) < 4.78 is 1.04. The molecule has 0 spiro atoms. The van der Waals surface area contributed by atoms with Gasteiger partial charge in [-0.05, 0) is 23.8 Å². The van der Waals surface area contributed by atoms with Gasteiger partial charge in [0.15, 0.2) is 0 Å². The Morgan fingerprint density at radius 1 is 1.29 bits per heavy atom. The van der Waals surface area contributed by atoms with Gasteiger partial charge in [-0.2, -0.15) is 0 Å². The molecule has 0 unspecified atom stereocenters. The molecule has 0 heterocycles. The van der Waals surface area contributed by atoms with Crippen LogP contribution in [0.15, 0.2) is 34.8 Å². The van der Waals surface area contributed by atoms with E-state index in [0.29, 0.717) is 0 Å². The van der Waals surface area contributed by atoms with Gasteiger partial charge in [-0.25, -0.2) is 0 Å². The first-order valence-corrected chi connectivity index (χ1v) is 5.04. The molecule has 74 valence electrons. The minimum Gasteiger partial charge on any atom is -0.345 e. The highest BCUT2D eigenvalue weighted by atomic mass is 79.9. The molecule has 2 nitrogen and oxygen atoms in total. The van der Waals surface area contributed by atoms with Crippen LogP contribution < -0.4 is 0 Å². The minimum atomic E-state index is -0.00656. The SMILES string of the molecule is CN(C)C(=O)C=Cc1ccc(Br)cc1. The maximum Gasteiger partial charge on any atom is 0.246 e. The van der Waals surface area contributed by atoms with Crippen LogP contribution in [0, 0.1) is 0 Å². The molecule has 0 saturated heterocycles. The Balaban J connectivity index is 2.69. The number of hydrogen-bond donors (Lipinski definition) is 0. The molecular weight excluding hydrogens is 242 g/mol. The van der Waals surface area contributed by atoms with Gasteiger partial charge >= 0.3 is 0 Å². The molecule has 1 rings (SSSR count). The van der Waals surface area contributed by atoms with Crippen LogP contribution in [0.5, 0.6) is 0 Å². The summed E-state index contributed by atoms with van der Waals surface area (Å²) in [4.78, 5) is 12.7. The van der Waals surface area contributed by atoms with E-state index in [1.807, 2.05) is 24.3 Å². The van der Waals surface area contributed by atoms with Crippen molar-refractivity contribution >= 4 is 27.9 Å². The van der Waals surface area contributed by atoms with Gasteiger partial charge in [0.1, 0.15) is 0 Å². The molecular formula is C11H12BrNO. The molecule has 0 N–H and O–H groups in total. The zero-order chi connectivity index (χ0) is 10.6. The van der Waals surface area contributed by atoms with Crippen molar-refractivity contribution in [2.24, 2.45) is 0 Å². The number of carbonyl (C=O) groups is 1. The van der Waals surface area contributed by atoms with Crippen molar-refractivity contribution in [1.82, 2.24) is 4.90 Å². The molecule has 0 fully saturated rings. The largest absolute Gasteiger partial charge is 0.345 e. The highest BCUT2D eigenvalue weighted by Gasteiger charge is 1.96. The average Bonchev–Trinajstić information content (AvgIpc) is 2.16. The molecule has 3 heteroatoms. The van der Waals surface area contributed by atoms with Crippen molar-refractivity contribution in [3.63, 3.8) is 0 Å². The van der Waals surface area contributed by atoms with Gasteiger partial charge in [0.2, 0.25) is 5.91 Å². The number of hydrogen-bond acceptors (Lipinski definition) is 1. The molecule has 14 heavy (non-hydrogen) atoms. The van der Waals surface area contributed by atoms with E-state index in [1.54, 1.807) is 26.2 Å². The monoisotopic (exact) mass is 253 g/mol. The predicted octanol–water partition coefficient (Wildman–Crippen LogP) is 2.55. The standard InChI is InChI=1S/C11H12BrNO/c1-13(2)11(14)8-5-9-3-6-10(12)7-4-9/h3-8H,1-2H3. The van der Waals surface area contributed by atoms with Crippen LogP contribution in [0.3, 0.4) is 0 Å². The highest BCUT2D eigenvalue weighted by Crippen LogP contribution is 2.11. The number of benzene rings is 1. The highest BCUT2D eigenvalue weighted by molar-refractivity contribution is 9.10.